The molecule has 0 spiro atoms. The molecule has 8 nitrogen and oxygen atoms in total. The standard InChI is InChI=1S/C26H28N6O2S/c1-31(20-8-4-2-5-9-20)30-25(34)22-16-21-23(28-29-26(21)35-22)27-24(33)19-12-10-18(11-13-19)17-32-14-6-3-7-15-32/h2,4-5,8-13,16H,3,6-7,14-15,17H2,1H3,(H,30,34)(H2,27,28,29,33). The normalized spacial score (nSPS) is 14.1. The van der Waals surface area contributed by atoms with Crippen molar-refractivity contribution in [3.05, 3.63) is 76.7 Å². The first kappa shape index (κ1) is 23.1. The molecule has 1 aliphatic heterocycles. The summed E-state index contributed by atoms with van der Waals surface area (Å²) >= 11 is 1.29. The maximum Gasteiger partial charge on any atom is 0.279 e. The van der Waals surface area contributed by atoms with Gasteiger partial charge in [-0.2, -0.15) is 5.10 Å². The summed E-state index contributed by atoms with van der Waals surface area (Å²) in [4.78, 5) is 29.3. The number of anilines is 2. The minimum absolute atomic E-state index is 0.229. The van der Waals surface area contributed by atoms with Gasteiger partial charge < -0.3 is 5.32 Å². The van der Waals surface area contributed by atoms with E-state index >= 15 is 0 Å². The highest BCUT2D eigenvalue weighted by atomic mass is 32.1. The summed E-state index contributed by atoms with van der Waals surface area (Å²) in [6.07, 6.45) is 3.83. The number of thiophene rings is 1. The zero-order valence-electron chi connectivity index (χ0n) is 19.6. The molecule has 5 rings (SSSR count). The van der Waals surface area contributed by atoms with Gasteiger partial charge in [0.1, 0.15) is 4.83 Å². The molecule has 1 aliphatic rings. The van der Waals surface area contributed by atoms with Gasteiger partial charge in [0.15, 0.2) is 5.82 Å². The molecule has 2 aromatic carbocycles. The third-order valence-electron chi connectivity index (χ3n) is 6.20. The molecule has 3 heterocycles. The Morgan fingerprint density at radius 3 is 2.51 bits per heavy atom. The molecule has 0 atom stereocenters. The average Bonchev–Trinajstić information content (AvgIpc) is 3.48. The smallest absolute Gasteiger partial charge is 0.279 e. The van der Waals surface area contributed by atoms with Crippen molar-refractivity contribution < 1.29 is 9.59 Å². The van der Waals surface area contributed by atoms with Crippen LogP contribution in [0.5, 0.6) is 0 Å². The molecule has 1 fully saturated rings. The van der Waals surface area contributed by atoms with Gasteiger partial charge in [0.2, 0.25) is 0 Å². The van der Waals surface area contributed by atoms with Crippen LogP contribution in [0.2, 0.25) is 0 Å². The molecule has 35 heavy (non-hydrogen) atoms. The van der Waals surface area contributed by atoms with Gasteiger partial charge in [0, 0.05) is 19.2 Å². The number of para-hydroxylation sites is 1. The third kappa shape index (κ3) is 5.36. The average molecular weight is 489 g/mol. The van der Waals surface area contributed by atoms with Crippen LogP contribution >= 0.6 is 11.3 Å². The molecule has 4 aromatic rings. The number of carbonyl (C=O) groups is 2. The predicted molar refractivity (Wildman–Crippen MR) is 140 cm³/mol. The van der Waals surface area contributed by atoms with Gasteiger partial charge in [-0.25, -0.2) is 0 Å². The minimum atomic E-state index is -0.232. The number of likely N-dealkylation sites (tertiary alicyclic amines) is 1. The molecular weight excluding hydrogens is 460 g/mol. The number of nitrogens with one attached hydrogen (secondary N) is 3. The van der Waals surface area contributed by atoms with Gasteiger partial charge in [-0.15, -0.1) is 11.3 Å². The lowest BCUT2D eigenvalue weighted by molar-refractivity contribution is 0.0954. The number of amides is 2. The monoisotopic (exact) mass is 488 g/mol. The van der Waals surface area contributed by atoms with E-state index in [2.05, 4.69) is 25.8 Å². The van der Waals surface area contributed by atoms with Gasteiger partial charge in [0.25, 0.3) is 11.8 Å². The zero-order chi connectivity index (χ0) is 24.2. The van der Waals surface area contributed by atoms with Crippen LogP contribution in [0.15, 0.2) is 60.7 Å². The number of carbonyl (C=O) groups excluding carboxylic acids is 2. The highest BCUT2D eigenvalue weighted by Gasteiger charge is 2.18. The van der Waals surface area contributed by atoms with E-state index in [4.69, 9.17) is 0 Å². The maximum absolute atomic E-state index is 12.8. The second-order valence-electron chi connectivity index (χ2n) is 8.75. The number of piperidine rings is 1. The number of hydrogen-bond acceptors (Lipinski definition) is 6. The number of rotatable bonds is 7. The number of benzene rings is 2. The molecule has 0 bridgehead atoms. The molecule has 3 N–H and O–H groups in total. The highest BCUT2D eigenvalue weighted by molar-refractivity contribution is 7.20. The summed E-state index contributed by atoms with van der Waals surface area (Å²) in [6.45, 7) is 3.20. The number of hydrazine groups is 1. The lowest BCUT2D eigenvalue weighted by Crippen LogP contribution is -2.38. The summed E-state index contributed by atoms with van der Waals surface area (Å²) in [6, 6.07) is 19.1. The van der Waals surface area contributed by atoms with E-state index in [0.717, 1.165) is 30.2 Å². The summed E-state index contributed by atoms with van der Waals surface area (Å²) in [7, 11) is 1.79. The van der Waals surface area contributed by atoms with Gasteiger partial charge in [-0.05, 0) is 61.8 Å². The van der Waals surface area contributed by atoms with Crippen LogP contribution in [0.3, 0.4) is 0 Å². The molecule has 0 saturated carbocycles. The van der Waals surface area contributed by atoms with E-state index in [-0.39, 0.29) is 11.8 Å². The highest BCUT2D eigenvalue weighted by Crippen LogP contribution is 2.29. The Morgan fingerprint density at radius 2 is 1.77 bits per heavy atom. The Kier molecular flexibility index (Phi) is 6.78. The first-order valence-electron chi connectivity index (χ1n) is 11.8. The van der Waals surface area contributed by atoms with Gasteiger partial charge in [0.05, 0.1) is 16.0 Å². The van der Waals surface area contributed by atoms with E-state index in [0.29, 0.717) is 21.6 Å². The van der Waals surface area contributed by atoms with Crippen LogP contribution in [-0.2, 0) is 6.54 Å². The maximum atomic E-state index is 12.8. The number of H-pyrrole nitrogens is 1. The van der Waals surface area contributed by atoms with Crippen molar-refractivity contribution in [3.8, 4) is 0 Å². The topological polar surface area (TPSA) is 93.4 Å². The van der Waals surface area contributed by atoms with Crippen molar-refractivity contribution in [2.45, 2.75) is 25.8 Å². The Bertz CT molecular complexity index is 1310. The summed E-state index contributed by atoms with van der Waals surface area (Å²) < 4.78 is 0. The first-order chi connectivity index (χ1) is 17.1. The molecule has 9 heteroatoms. The van der Waals surface area contributed by atoms with E-state index in [9.17, 15) is 9.59 Å². The van der Waals surface area contributed by atoms with Crippen molar-refractivity contribution in [2.24, 2.45) is 0 Å². The lowest BCUT2D eigenvalue weighted by Gasteiger charge is -2.26. The summed E-state index contributed by atoms with van der Waals surface area (Å²) in [5.74, 6) is -0.0504. The van der Waals surface area contributed by atoms with Crippen molar-refractivity contribution in [2.75, 3.05) is 30.5 Å². The Hall–Kier alpha value is -3.69. The number of nitrogens with zero attached hydrogens (tertiary/aromatic N) is 3. The largest absolute Gasteiger partial charge is 0.305 e. The first-order valence-corrected chi connectivity index (χ1v) is 12.6. The van der Waals surface area contributed by atoms with E-state index in [1.54, 1.807) is 18.1 Å². The summed E-state index contributed by atoms with van der Waals surface area (Å²) in [5.41, 5.74) is 5.52. The lowest BCUT2D eigenvalue weighted by atomic mass is 10.1. The molecule has 1 saturated heterocycles. The van der Waals surface area contributed by atoms with Crippen LogP contribution in [0, 0.1) is 0 Å². The van der Waals surface area contributed by atoms with Crippen molar-refractivity contribution >= 4 is 44.9 Å². The number of aromatic amines is 1. The third-order valence-corrected chi connectivity index (χ3v) is 7.23. The Labute approximate surface area is 207 Å². The quantitative estimate of drug-likeness (QED) is 0.330. The number of fused-ring (bicyclic) bond motifs is 1. The molecule has 180 valence electrons. The van der Waals surface area contributed by atoms with Gasteiger partial charge >= 0.3 is 0 Å². The summed E-state index contributed by atoms with van der Waals surface area (Å²) in [5, 5.41) is 12.4. The fourth-order valence-corrected chi connectivity index (χ4v) is 5.16. The van der Waals surface area contributed by atoms with Gasteiger partial charge in [-0.3, -0.25) is 30.0 Å². The Morgan fingerprint density at radius 1 is 1.03 bits per heavy atom. The molecule has 0 aliphatic carbocycles. The van der Waals surface area contributed by atoms with Crippen molar-refractivity contribution in [1.29, 1.82) is 0 Å². The molecule has 2 aromatic heterocycles. The molecule has 2 amide bonds. The minimum Gasteiger partial charge on any atom is -0.305 e. The molecule has 0 unspecified atom stereocenters. The van der Waals surface area contributed by atoms with Gasteiger partial charge in [-0.1, -0.05) is 36.8 Å². The van der Waals surface area contributed by atoms with Crippen LogP contribution in [0.25, 0.3) is 10.2 Å². The SMILES string of the molecule is CN(NC(=O)c1cc2c(NC(=O)c3ccc(CN4CCCCC4)cc3)n[nH]c2s1)c1ccccc1. The number of hydrogen-bond donors (Lipinski definition) is 3. The van der Waals surface area contributed by atoms with Crippen molar-refractivity contribution in [3.63, 3.8) is 0 Å². The molecular formula is C26H28N6O2S. The van der Waals surface area contributed by atoms with Crippen LogP contribution < -0.4 is 15.8 Å². The second kappa shape index (κ2) is 10.3. The van der Waals surface area contributed by atoms with Crippen LogP contribution in [0.1, 0.15) is 44.9 Å². The van der Waals surface area contributed by atoms with Crippen LogP contribution in [-0.4, -0.2) is 47.0 Å². The second-order valence-corrected chi connectivity index (χ2v) is 9.80. The van der Waals surface area contributed by atoms with E-state index in [1.165, 1.54) is 36.2 Å². The molecule has 0 radical (unpaired) electrons. The number of aromatic nitrogens is 2. The zero-order valence-corrected chi connectivity index (χ0v) is 20.4. The fourth-order valence-electron chi connectivity index (χ4n) is 4.26. The Balaban J connectivity index is 1.23. The van der Waals surface area contributed by atoms with Crippen molar-refractivity contribution in [1.82, 2.24) is 20.5 Å². The fraction of sp³-hybridized carbons (Fsp3) is 0.269. The van der Waals surface area contributed by atoms with Crippen LogP contribution in [0.4, 0.5) is 11.5 Å². The predicted octanol–water partition coefficient (Wildman–Crippen LogP) is 4.64. The van der Waals surface area contributed by atoms with E-state index in [1.807, 2.05) is 54.6 Å². The van der Waals surface area contributed by atoms with E-state index < -0.39 is 0 Å².